The lowest BCUT2D eigenvalue weighted by atomic mass is 10.0. The van der Waals surface area contributed by atoms with Crippen molar-refractivity contribution in [2.45, 2.75) is 14.7 Å². The molecule has 6 aromatic carbocycles. The third-order valence-corrected chi connectivity index (χ3v) is 10.5. The molecule has 6 aromatic rings. The second-order valence-electron chi connectivity index (χ2n) is 11.7. The van der Waals surface area contributed by atoms with Crippen LogP contribution in [0.15, 0.2) is 149 Å². The number of phenols is 1. The quantitative estimate of drug-likeness (QED) is 0.0392. The second-order valence-corrected chi connectivity index (χ2v) is 15.9. The van der Waals surface area contributed by atoms with Crippen molar-refractivity contribution in [3.8, 4) is 16.9 Å². The van der Waals surface area contributed by atoms with E-state index in [9.17, 15) is 44.0 Å². The highest BCUT2D eigenvalue weighted by atomic mass is 32.2. The monoisotopic (exact) mass is 817 g/mol. The number of nitrogens with two attached hydrogens (primary N) is 3. The van der Waals surface area contributed by atoms with E-state index in [2.05, 4.69) is 30.7 Å². The molecule has 0 saturated carbocycles. The number of fused-ring (bicyclic) bond motifs is 1. The third kappa shape index (κ3) is 8.49. The van der Waals surface area contributed by atoms with E-state index in [-0.39, 0.29) is 16.8 Å². The van der Waals surface area contributed by atoms with E-state index in [4.69, 9.17) is 17.2 Å². The van der Waals surface area contributed by atoms with E-state index in [1.165, 1.54) is 0 Å². The number of hydrogen-bond acceptors (Lipinski definition) is 16. The van der Waals surface area contributed by atoms with Crippen LogP contribution in [0.2, 0.25) is 0 Å². The van der Waals surface area contributed by atoms with Crippen LogP contribution in [0.4, 0.5) is 51.2 Å². The molecule has 0 radical (unpaired) electrons. The smallest absolute Gasteiger partial charge is 0.296 e. The number of azo groups is 3. The van der Waals surface area contributed by atoms with Gasteiger partial charge in [0.15, 0.2) is 5.75 Å². The second kappa shape index (κ2) is 14.9. The number of nitrogens with zero attached hydrogens (tertiary/aromatic N) is 6. The summed E-state index contributed by atoms with van der Waals surface area (Å²) in [6, 6.07) is 24.1. The van der Waals surface area contributed by atoms with Crippen LogP contribution in [-0.4, -0.2) is 44.0 Å². The van der Waals surface area contributed by atoms with Crippen molar-refractivity contribution in [3.05, 3.63) is 103 Å². The molecule has 286 valence electrons. The molecule has 0 unspecified atom stereocenters. The van der Waals surface area contributed by atoms with Gasteiger partial charge in [0.05, 0.1) is 38.7 Å². The number of nitrogen functional groups attached to an aromatic ring is 3. The number of anilines is 3. The molecule has 0 amide bonds. The van der Waals surface area contributed by atoms with E-state index >= 15 is 0 Å². The van der Waals surface area contributed by atoms with Crippen molar-refractivity contribution in [2.75, 3.05) is 17.2 Å². The van der Waals surface area contributed by atoms with Gasteiger partial charge in [0.25, 0.3) is 30.4 Å². The summed E-state index contributed by atoms with van der Waals surface area (Å²) in [6.45, 7) is 0. The van der Waals surface area contributed by atoms with Gasteiger partial charge >= 0.3 is 0 Å². The summed E-state index contributed by atoms with van der Waals surface area (Å²) in [5.74, 6) is -0.990. The molecular weight excluding hydrogens is 791 g/mol. The molecule has 0 bridgehead atoms. The van der Waals surface area contributed by atoms with Crippen molar-refractivity contribution in [2.24, 2.45) is 30.7 Å². The fourth-order valence-corrected chi connectivity index (χ4v) is 7.03. The van der Waals surface area contributed by atoms with Gasteiger partial charge in [-0.25, -0.2) is 0 Å². The molecule has 0 aliphatic rings. The van der Waals surface area contributed by atoms with Crippen molar-refractivity contribution in [1.29, 1.82) is 0 Å². The Hall–Kier alpha value is -6.69. The maximum absolute atomic E-state index is 12.5. The molecule has 10 N–H and O–H groups in total. The highest BCUT2D eigenvalue weighted by Crippen LogP contribution is 2.48. The number of benzene rings is 6. The van der Waals surface area contributed by atoms with Gasteiger partial charge in [-0.2, -0.15) is 40.6 Å². The minimum atomic E-state index is -5.17. The fourth-order valence-electron chi connectivity index (χ4n) is 5.22. The Kier molecular flexibility index (Phi) is 10.4. The molecule has 0 spiro atoms. The molecule has 0 heterocycles. The molecular formula is C34H27N9O10S3. The van der Waals surface area contributed by atoms with Crippen LogP contribution in [0.25, 0.3) is 21.9 Å². The summed E-state index contributed by atoms with van der Waals surface area (Å²) < 4.78 is 101. The van der Waals surface area contributed by atoms with Gasteiger partial charge in [-0.1, -0.05) is 24.3 Å². The van der Waals surface area contributed by atoms with Crippen molar-refractivity contribution < 1.29 is 44.0 Å². The van der Waals surface area contributed by atoms with Crippen molar-refractivity contribution in [1.82, 2.24) is 0 Å². The molecule has 0 atom stereocenters. The lowest BCUT2D eigenvalue weighted by Crippen LogP contribution is -2.03. The predicted molar refractivity (Wildman–Crippen MR) is 206 cm³/mol. The van der Waals surface area contributed by atoms with Gasteiger partial charge in [0.1, 0.15) is 26.9 Å². The molecule has 22 heteroatoms. The SMILES string of the molecule is Nc1ccc(N=Nc2ccc(-c3ccc(N=Nc4c(S(=O)(=O)O)cc5cc(S(=O)(=O)O)c(N=Nc6ccc(S(=O)(=O)O)cc6)c(O)c5c4N)cc3)cc2)c(N)c1. The zero-order chi connectivity index (χ0) is 40.6. The first-order valence-corrected chi connectivity index (χ1v) is 19.9. The Morgan fingerprint density at radius 3 is 1.39 bits per heavy atom. The maximum Gasteiger partial charge on any atom is 0.296 e. The lowest BCUT2D eigenvalue weighted by molar-refractivity contribution is 0.472. The largest absolute Gasteiger partial charge is 0.505 e. The number of phenolic OH excluding ortho intramolecular Hbond substituents is 1. The molecule has 19 nitrogen and oxygen atoms in total. The van der Waals surface area contributed by atoms with E-state index in [1.54, 1.807) is 66.7 Å². The molecule has 0 aliphatic carbocycles. The highest BCUT2D eigenvalue weighted by molar-refractivity contribution is 7.86. The molecule has 6 rings (SSSR count). The molecule has 0 aromatic heterocycles. The van der Waals surface area contributed by atoms with E-state index < -0.39 is 73.2 Å². The Labute approximate surface area is 317 Å². The summed E-state index contributed by atoms with van der Waals surface area (Å²) >= 11 is 0. The third-order valence-electron chi connectivity index (χ3n) is 7.93. The van der Waals surface area contributed by atoms with Crippen LogP contribution in [0.5, 0.6) is 5.75 Å². The first-order chi connectivity index (χ1) is 26.3. The molecule has 0 saturated heterocycles. The van der Waals surface area contributed by atoms with E-state index in [0.29, 0.717) is 22.7 Å². The van der Waals surface area contributed by atoms with Gasteiger partial charge in [-0.3, -0.25) is 13.7 Å². The maximum atomic E-state index is 12.5. The van der Waals surface area contributed by atoms with Crippen LogP contribution < -0.4 is 17.2 Å². The first-order valence-electron chi connectivity index (χ1n) is 15.5. The van der Waals surface area contributed by atoms with Crippen molar-refractivity contribution in [3.63, 3.8) is 0 Å². The minimum Gasteiger partial charge on any atom is -0.505 e. The predicted octanol–water partition coefficient (Wildman–Crippen LogP) is 7.95. The topological polar surface area (TPSA) is 336 Å². The van der Waals surface area contributed by atoms with Crippen LogP contribution in [0, 0.1) is 0 Å². The van der Waals surface area contributed by atoms with Crippen molar-refractivity contribution >= 4 is 92.3 Å². The molecule has 0 aliphatic heterocycles. The summed E-state index contributed by atoms with van der Waals surface area (Å²) in [6.07, 6.45) is 0. The summed E-state index contributed by atoms with van der Waals surface area (Å²) in [4.78, 5) is -2.41. The Bertz CT molecular complexity index is 2960. The summed E-state index contributed by atoms with van der Waals surface area (Å²) in [5.41, 5.74) is 19.5. The average Bonchev–Trinajstić information content (AvgIpc) is 3.13. The fraction of sp³-hybridized carbons (Fsp3) is 0. The van der Waals surface area contributed by atoms with Gasteiger partial charge in [-0.15, -0.1) is 15.3 Å². The minimum absolute atomic E-state index is 0.0757. The number of rotatable bonds is 10. The Morgan fingerprint density at radius 2 is 0.929 bits per heavy atom. The zero-order valence-electron chi connectivity index (χ0n) is 28.2. The summed E-state index contributed by atoms with van der Waals surface area (Å²) in [5, 5.41) is 34.3. The number of hydrogen-bond donors (Lipinski definition) is 7. The molecule has 0 fully saturated rings. The highest BCUT2D eigenvalue weighted by Gasteiger charge is 2.28. The zero-order valence-corrected chi connectivity index (χ0v) is 30.6. The van der Waals surface area contributed by atoms with Crippen LogP contribution >= 0.6 is 0 Å². The Balaban J connectivity index is 1.33. The normalized spacial score (nSPS) is 12.7. The van der Waals surface area contributed by atoms with Gasteiger partial charge in [-0.05, 0) is 95.4 Å². The average molecular weight is 818 g/mol. The van der Waals surface area contributed by atoms with E-state index in [0.717, 1.165) is 47.5 Å². The Morgan fingerprint density at radius 1 is 0.482 bits per heavy atom. The summed E-state index contributed by atoms with van der Waals surface area (Å²) in [7, 11) is -14.8. The standard InChI is InChI=1S/C34H27N9O10S3/c35-21-5-14-27(26(36)17-21)41-38-22-6-1-18(2-7-22)19-3-8-23(9-4-19)39-42-32-28(55(48,49)50)15-20-16-29(56(51,52)53)33(34(44)30(20)31(32)37)43-40-24-10-12-25(13-11-24)54(45,46)47/h1-17,44H,35-37H2,(H,45,46,47)(H,48,49,50)(H,51,52,53). The molecule has 56 heavy (non-hydrogen) atoms. The van der Waals surface area contributed by atoms with Gasteiger partial charge in [0.2, 0.25) is 0 Å². The number of aromatic hydroxyl groups is 1. The first kappa shape index (κ1) is 39.0. The van der Waals surface area contributed by atoms with Crippen LogP contribution in [0.3, 0.4) is 0 Å². The van der Waals surface area contributed by atoms with Crippen LogP contribution in [-0.2, 0) is 30.4 Å². The van der Waals surface area contributed by atoms with Gasteiger partial charge in [0, 0.05) is 5.69 Å². The van der Waals surface area contributed by atoms with Crippen LogP contribution in [0.1, 0.15) is 0 Å². The van der Waals surface area contributed by atoms with Gasteiger partial charge < -0.3 is 22.3 Å². The lowest BCUT2D eigenvalue weighted by Gasteiger charge is -2.14. The van der Waals surface area contributed by atoms with E-state index in [1.807, 2.05) is 0 Å².